The lowest BCUT2D eigenvalue weighted by Crippen LogP contribution is -2.34. The Labute approximate surface area is 263 Å². The highest BCUT2D eigenvalue weighted by Gasteiger charge is 2.33. The van der Waals surface area contributed by atoms with E-state index in [1.807, 2.05) is 27.7 Å². The van der Waals surface area contributed by atoms with E-state index in [-0.39, 0.29) is 43.3 Å². The van der Waals surface area contributed by atoms with Crippen molar-refractivity contribution >= 4 is 29.2 Å². The summed E-state index contributed by atoms with van der Waals surface area (Å²) in [6, 6.07) is 12.4. The van der Waals surface area contributed by atoms with E-state index in [4.69, 9.17) is 5.21 Å². The van der Waals surface area contributed by atoms with Crippen molar-refractivity contribution in [2.24, 2.45) is 10.8 Å². The summed E-state index contributed by atoms with van der Waals surface area (Å²) in [4.78, 5) is 51.7. The Morgan fingerprint density at radius 1 is 0.933 bits per heavy atom. The van der Waals surface area contributed by atoms with Crippen LogP contribution in [0.15, 0.2) is 72.5 Å². The number of hydroxylamine groups is 1. The van der Waals surface area contributed by atoms with Crippen molar-refractivity contribution in [1.82, 2.24) is 10.8 Å². The molecule has 3 rings (SSSR count). The molecular weight excluding hydrogens is 580 g/mol. The summed E-state index contributed by atoms with van der Waals surface area (Å²) in [5, 5.41) is 14.4. The second kappa shape index (κ2) is 15.2. The van der Waals surface area contributed by atoms with Crippen LogP contribution in [0.1, 0.15) is 89.7 Å². The van der Waals surface area contributed by atoms with Gasteiger partial charge in [-0.25, -0.2) is 14.3 Å². The molecule has 3 unspecified atom stereocenters. The molecule has 0 heterocycles. The Hall–Kier alpha value is -4.18. The predicted molar refractivity (Wildman–Crippen MR) is 168 cm³/mol. The zero-order chi connectivity index (χ0) is 33.4. The van der Waals surface area contributed by atoms with Crippen LogP contribution in [0, 0.1) is 16.6 Å². The molecule has 1 aliphatic carbocycles. The highest BCUT2D eigenvalue weighted by Crippen LogP contribution is 2.38. The van der Waals surface area contributed by atoms with Crippen LogP contribution in [-0.4, -0.2) is 34.9 Å². The smallest absolute Gasteiger partial charge is 0.243 e. The van der Waals surface area contributed by atoms with E-state index in [0.29, 0.717) is 28.9 Å². The first-order chi connectivity index (χ1) is 21.1. The molecule has 8 nitrogen and oxygen atoms in total. The van der Waals surface area contributed by atoms with Gasteiger partial charge in [-0.1, -0.05) is 71.0 Å². The minimum Gasteiger partial charge on any atom is -0.329 e. The normalized spacial score (nSPS) is 16.3. The van der Waals surface area contributed by atoms with Crippen LogP contribution < -0.4 is 16.1 Å². The molecule has 2 aromatic rings. The third kappa shape index (κ3) is 11.0. The monoisotopic (exact) mass is 623 g/mol. The molecule has 2 aromatic carbocycles. The van der Waals surface area contributed by atoms with Gasteiger partial charge in [0.25, 0.3) is 0 Å². The standard InChI is InChI=1S/C35H43F2N3O5/c1-22(24-8-6-9-25(36)17-24)16-29(41)32(33(44)39-28-11-7-10-26(37)18-28)23-12-14-27(15-13-23)38-30(42)19-34(2,3)21-35(4,5)20-31(43)40-45/h6-15,17,22,26,32,45H,16,18-21H2,1-5H3,(H,38,42)(H,39,44)(H,40,43). The fourth-order valence-electron chi connectivity index (χ4n) is 6.09. The Morgan fingerprint density at radius 2 is 1.58 bits per heavy atom. The Balaban J connectivity index is 1.75. The number of benzene rings is 2. The Bertz CT molecular complexity index is 1450. The number of amides is 3. The van der Waals surface area contributed by atoms with Crippen molar-refractivity contribution in [3.05, 3.63) is 89.4 Å². The fraction of sp³-hybridized carbons (Fsp3) is 0.429. The molecule has 0 aromatic heterocycles. The molecule has 10 heteroatoms. The number of hydrogen-bond donors (Lipinski definition) is 4. The average molecular weight is 624 g/mol. The first-order valence-corrected chi connectivity index (χ1v) is 15.0. The van der Waals surface area contributed by atoms with Crippen LogP contribution in [0.4, 0.5) is 14.5 Å². The number of allylic oxidation sites excluding steroid dienone is 4. The second-order valence-corrected chi connectivity index (χ2v) is 13.4. The second-order valence-electron chi connectivity index (χ2n) is 13.4. The molecular formula is C35H43F2N3O5. The van der Waals surface area contributed by atoms with Gasteiger partial charge in [-0.3, -0.25) is 24.4 Å². The molecule has 0 radical (unpaired) electrons. The largest absolute Gasteiger partial charge is 0.329 e. The first kappa shape index (κ1) is 35.3. The first-order valence-electron chi connectivity index (χ1n) is 15.0. The van der Waals surface area contributed by atoms with E-state index < -0.39 is 40.6 Å². The van der Waals surface area contributed by atoms with Gasteiger partial charge in [0.05, 0.1) is 0 Å². The molecule has 0 aliphatic heterocycles. The van der Waals surface area contributed by atoms with Gasteiger partial charge < -0.3 is 10.6 Å². The molecule has 1 aliphatic rings. The molecule has 4 N–H and O–H groups in total. The maximum absolute atomic E-state index is 13.9. The van der Waals surface area contributed by atoms with E-state index in [1.54, 1.807) is 54.9 Å². The maximum atomic E-state index is 13.9. The van der Waals surface area contributed by atoms with Crippen LogP contribution in [0.25, 0.3) is 0 Å². The molecule has 0 spiro atoms. The minimum absolute atomic E-state index is 0.0179. The number of rotatable bonds is 14. The molecule has 0 saturated heterocycles. The number of carbonyl (C=O) groups is 4. The van der Waals surface area contributed by atoms with Crippen LogP contribution >= 0.6 is 0 Å². The third-order valence-electron chi connectivity index (χ3n) is 7.71. The third-order valence-corrected chi connectivity index (χ3v) is 7.71. The summed E-state index contributed by atoms with van der Waals surface area (Å²) in [7, 11) is 0. The highest BCUT2D eigenvalue weighted by molar-refractivity contribution is 6.07. The average Bonchev–Trinajstić information content (AvgIpc) is 2.92. The van der Waals surface area contributed by atoms with Crippen LogP contribution in [-0.2, 0) is 19.2 Å². The van der Waals surface area contributed by atoms with Crippen molar-refractivity contribution in [3.63, 3.8) is 0 Å². The molecule has 0 bridgehead atoms. The molecule has 3 atom stereocenters. The van der Waals surface area contributed by atoms with E-state index >= 15 is 0 Å². The van der Waals surface area contributed by atoms with Crippen molar-refractivity contribution in [2.45, 2.75) is 84.7 Å². The summed E-state index contributed by atoms with van der Waals surface area (Å²) < 4.78 is 27.7. The molecule has 0 saturated carbocycles. The van der Waals surface area contributed by atoms with Crippen molar-refractivity contribution in [2.75, 3.05) is 5.32 Å². The number of nitrogens with one attached hydrogen (secondary N) is 3. The van der Waals surface area contributed by atoms with Gasteiger partial charge in [0.15, 0.2) is 0 Å². The summed E-state index contributed by atoms with van der Waals surface area (Å²) in [6.45, 7) is 9.43. The van der Waals surface area contributed by atoms with Crippen LogP contribution in [0.5, 0.6) is 0 Å². The lowest BCUT2D eigenvalue weighted by atomic mass is 9.71. The number of carbonyl (C=O) groups excluding carboxylic acids is 4. The van der Waals surface area contributed by atoms with Crippen LogP contribution in [0.2, 0.25) is 0 Å². The molecule has 242 valence electrons. The van der Waals surface area contributed by atoms with Gasteiger partial charge >= 0.3 is 0 Å². The van der Waals surface area contributed by atoms with E-state index in [9.17, 15) is 28.0 Å². The SMILES string of the molecule is CC(CC(=O)C(C(=O)NC1=CC=CC(F)C1)c1ccc(NC(=O)CC(C)(C)CC(C)(C)CC(=O)NO)cc1)c1cccc(F)c1. The zero-order valence-corrected chi connectivity index (χ0v) is 26.5. The summed E-state index contributed by atoms with van der Waals surface area (Å²) >= 11 is 0. The lowest BCUT2D eigenvalue weighted by molar-refractivity contribution is -0.132. The molecule has 45 heavy (non-hydrogen) atoms. The Kier molecular flexibility index (Phi) is 11.9. The summed E-state index contributed by atoms with van der Waals surface area (Å²) in [5.74, 6) is -3.72. The van der Waals surface area contributed by atoms with E-state index in [0.717, 1.165) is 0 Å². The van der Waals surface area contributed by atoms with Crippen LogP contribution in [0.3, 0.4) is 0 Å². The number of ketones is 1. The maximum Gasteiger partial charge on any atom is 0.243 e. The number of anilines is 1. The minimum atomic E-state index is -1.24. The van der Waals surface area contributed by atoms with Gasteiger partial charge in [-0.2, -0.15) is 0 Å². The molecule has 3 amide bonds. The van der Waals surface area contributed by atoms with Crippen molar-refractivity contribution < 1.29 is 33.2 Å². The zero-order valence-electron chi connectivity index (χ0n) is 26.5. The molecule has 0 fully saturated rings. The van der Waals surface area contributed by atoms with E-state index in [2.05, 4.69) is 10.6 Å². The van der Waals surface area contributed by atoms with Gasteiger partial charge in [-0.15, -0.1) is 0 Å². The topological polar surface area (TPSA) is 125 Å². The van der Waals surface area contributed by atoms with Gasteiger partial charge in [0.2, 0.25) is 17.7 Å². The summed E-state index contributed by atoms with van der Waals surface area (Å²) in [5.41, 5.74) is 2.59. The van der Waals surface area contributed by atoms with Gasteiger partial charge in [0, 0.05) is 37.1 Å². The number of halogens is 2. The quantitative estimate of drug-likeness (QED) is 0.107. The predicted octanol–water partition coefficient (Wildman–Crippen LogP) is 6.64. The lowest BCUT2D eigenvalue weighted by Gasteiger charge is -2.34. The Morgan fingerprint density at radius 3 is 2.18 bits per heavy atom. The number of alkyl halides is 1. The fourth-order valence-corrected chi connectivity index (χ4v) is 6.09. The van der Waals surface area contributed by atoms with Gasteiger partial charge in [-0.05, 0) is 64.6 Å². The van der Waals surface area contributed by atoms with Crippen molar-refractivity contribution in [1.29, 1.82) is 0 Å². The van der Waals surface area contributed by atoms with E-state index in [1.165, 1.54) is 24.3 Å². The highest BCUT2D eigenvalue weighted by atomic mass is 19.1. The van der Waals surface area contributed by atoms with Crippen molar-refractivity contribution in [3.8, 4) is 0 Å². The number of hydrogen-bond acceptors (Lipinski definition) is 5. The number of Topliss-reactive ketones (excluding diaryl/α,β-unsaturated/α-hetero) is 1. The summed E-state index contributed by atoms with van der Waals surface area (Å²) in [6.07, 6.45) is 4.00. The van der Waals surface area contributed by atoms with Gasteiger partial charge in [0.1, 0.15) is 23.7 Å².